The lowest BCUT2D eigenvalue weighted by Gasteiger charge is -2.18. The standard InChI is InChI=1S/C16H22N2/c1-2-12-18(11-1)16-5-3-14(4-6-16)13-15-7-9-17-10-8-15/h3-6,13,17H,1-2,7-12H2. The molecular weight excluding hydrogens is 220 g/mol. The largest absolute Gasteiger partial charge is 0.372 e. The highest BCUT2D eigenvalue weighted by Gasteiger charge is 2.11. The molecule has 96 valence electrons. The van der Waals surface area contributed by atoms with Crippen LogP contribution in [0.15, 0.2) is 29.8 Å². The van der Waals surface area contributed by atoms with Crippen LogP contribution in [0.3, 0.4) is 0 Å². The third kappa shape index (κ3) is 2.75. The van der Waals surface area contributed by atoms with Crippen LogP contribution in [-0.4, -0.2) is 26.2 Å². The van der Waals surface area contributed by atoms with E-state index in [1.807, 2.05) is 0 Å². The molecule has 1 aromatic carbocycles. The summed E-state index contributed by atoms with van der Waals surface area (Å²) >= 11 is 0. The number of benzene rings is 1. The van der Waals surface area contributed by atoms with Gasteiger partial charge in [-0.3, -0.25) is 0 Å². The van der Waals surface area contributed by atoms with Crippen molar-refractivity contribution in [3.05, 3.63) is 35.4 Å². The van der Waals surface area contributed by atoms with Crippen LogP contribution in [0.4, 0.5) is 5.69 Å². The van der Waals surface area contributed by atoms with E-state index in [2.05, 4.69) is 40.6 Å². The van der Waals surface area contributed by atoms with Crippen LogP contribution >= 0.6 is 0 Å². The summed E-state index contributed by atoms with van der Waals surface area (Å²) in [5.41, 5.74) is 4.33. The number of nitrogens with one attached hydrogen (secondary N) is 1. The van der Waals surface area contributed by atoms with Gasteiger partial charge in [0.25, 0.3) is 0 Å². The molecule has 0 aliphatic carbocycles. The van der Waals surface area contributed by atoms with Crippen LogP contribution in [0, 0.1) is 0 Å². The Hall–Kier alpha value is -1.28. The lowest BCUT2D eigenvalue weighted by atomic mass is 10.0. The fourth-order valence-corrected chi connectivity index (χ4v) is 2.88. The first kappa shape index (κ1) is 11.8. The van der Waals surface area contributed by atoms with Gasteiger partial charge in [0.15, 0.2) is 0 Å². The Kier molecular flexibility index (Phi) is 3.65. The maximum absolute atomic E-state index is 3.40. The minimum absolute atomic E-state index is 1.14. The first-order chi connectivity index (χ1) is 8.92. The van der Waals surface area contributed by atoms with Crippen LogP contribution in [0.25, 0.3) is 6.08 Å². The zero-order valence-electron chi connectivity index (χ0n) is 11.0. The van der Waals surface area contributed by atoms with E-state index in [1.54, 1.807) is 5.57 Å². The van der Waals surface area contributed by atoms with Crippen LogP contribution in [-0.2, 0) is 0 Å². The summed E-state index contributed by atoms with van der Waals surface area (Å²) in [5.74, 6) is 0. The molecule has 1 aromatic rings. The maximum atomic E-state index is 3.40. The van der Waals surface area contributed by atoms with Gasteiger partial charge in [0, 0.05) is 18.8 Å². The molecule has 18 heavy (non-hydrogen) atoms. The van der Waals surface area contributed by atoms with Gasteiger partial charge in [0.1, 0.15) is 0 Å². The summed E-state index contributed by atoms with van der Waals surface area (Å²) < 4.78 is 0. The smallest absolute Gasteiger partial charge is 0.0366 e. The fourth-order valence-electron chi connectivity index (χ4n) is 2.88. The fraction of sp³-hybridized carbons (Fsp3) is 0.500. The van der Waals surface area contributed by atoms with Crippen molar-refractivity contribution in [2.45, 2.75) is 25.7 Å². The third-order valence-corrected chi connectivity index (χ3v) is 3.98. The first-order valence-corrected chi connectivity index (χ1v) is 7.17. The van der Waals surface area contributed by atoms with E-state index in [-0.39, 0.29) is 0 Å². The monoisotopic (exact) mass is 242 g/mol. The normalized spacial score (nSPS) is 20.2. The van der Waals surface area contributed by atoms with E-state index in [1.165, 1.54) is 50.0 Å². The summed E-state index contributed by atoms with van der Waals surface area (Å²) in [6.07, 6.45) is 7.47. The van der Waals surface area contributed by atoms with Gasteiger partial charge in [-0.2, -0.15) is 0 Å². The van der Waals surface area contributed by atoms with Crippen molar-refractivity contribution in [3.63, 3.8) is 0 Å². The van der Waals surface area contributed by atoms with Crippen molar-refractivity contribution in [1.29, 1.82) is 0 Å². The van der Waals surface area contributed by atoms with Crippen molar-refractivity contribution >= 4 is 11.8 Å². The van der Waals surface area contributed by atoms with Gasteiger partial charge >= 0.3 is 0 Å². The van der Waals surface area contributed by atoms with Gasteiger partial charge in [0.2, 0.25) is 0 Å². The van der Waals surface area contributed by atoms with E-state index in [9.17, 15) is 0 Å². The van der Waals surface area contributed by atoms with E-state index < -0.39 is 0 Å². The average molecular weight is 242 g/mol. The number of nitrogens with zero attached hydrogens (tertiary/aromatic N) is 1. The average Bonchev–Trinajstić information content (AvgIpc) is 2.95. The third-order valence-electron chi connectivity index (χ3n) is 3.98. The molecule has 0 amide bonds. The molecule has 2 heterocycles. The van der Waals surface area contributed by atoms with Gasteiger partial charge < -0.3 is 10.2 Å². The number of anilines is 1. The van der Waals surface area contributed by atoms with Crippen molar-refractivity contribution in [2.75, 3.05) is 31.1 Å². The van der Waals surface area contributed by atoms with Crippen LogP contribution in [0.5, 0.6) is 0 Å². The molecule has 3 rings (SSSR count). The van der Waals surface area contributed by atoms with Gasteiger partial charge in [-0.05, 0) is 56.5 Å². The number of rotatable bonds is 2. The first-order valence-electron chi connectivity index (χ1n) is 7.17. The summed E-state index contributed by atoms with van der Waals surface area (Å²) in [5, 5.41) is 3.40. The van der Waals surface area contributed by atoms with Crippen molar-refractivity contribution < 1.29 is 0 Å². The highest BCUT2D eigenvalue weighted by molar-refractivity contribution is 5.58. The molecule has 2 fully saturated rings. The van der Waals surface area contributed by atoms with E-state index in [4.69, 9.17) is 0 Å². The minimum Gasteiger partial charge on any atom is -0.372 e. The second-order valence-corrected chi connectivity index (χ2v) is 5.34. The summed E-state index contributed by atoms with van der Waals surface area (Å²) in [4.78, 5) is 2.49. The minimum atomic E-state index is 1.14. The number of hydrogen-bond donors (Lipinski definition) is 1. The Morgan fingerprint density at radius 3 is 2.28 bits per heavy atom. The molecule has 0 unspecified atom stereocenters. The second kappa shape index (κ2) is 5.57. The summed E-state index contributed by atoms with van der Waals surface area (Å²) in [6.45, 7) is 4.73. The molecule has 0 atom stereocenters. The van der Waals surface area contributed by atoms with E-state index >= 15 is 0 Å². The highest BCUT2D eigenvalue weighted by Crippen LogP contribution is 2.22. The predicted octanol–water partition coefficient (Wildman–Crippen LogP) is 3.05. The van der Waals surface area contributed by atoms with Crippen molar-refractivity contribution in [1.82, 2.24) is 5.32 Å². The van der Waals surface area contributed by atoms with Gasteiger partial charge in [-0.1, -0.05) is 23.8 Å². The Balaban J connectivity index is 1.70. The van der Waals surface area contributed by atoms with Gasteiger partial charge in [-0.15, -0.1) is 0 Å². The molecule has 2 heteroatoms. The van der Waals surface area contributed by atoms with Crippen LogP contribution in [0.1, 0.15) is 31.2 Å². The van der Waals surface area contributed by atoms with Crippen LogP contribution < -0.4 is 10.2 Å². The Labute approximate surface area is 110 Å². The van der Waals surface area contributed by atoms with Crippen LogP contribution in [0.2, 0.25) is 0 Å². The second-order valence-electron chi connectivity index (χ2n) is 5.34. The molecule has 0 bridgehead atoms. The molecular formula is C16H22N2. The molecule has 0 saturated carbocycles. The molecule has 2 nitrogen and oxygen atoms in total. The zero-order valence-corrected chi connectivity index (χ0v) is 11.0. The number of piperidine rings is 1. The Morgan fingerprint density at radius 2 is 1.61 bits per heavy atom. The van der Waals surface area contributed by atoms with Gasteiger partial charge in [0.05, 0.1) is 0 Å². The van der Waals surface area contributed by atoms with E-state index in [0.717, 1.165) is 13.1 Å². The maximum Gasteiger partial charge on any atom is 0.0366 e. The molecule has 2 aliphatic heterocycles. The molecule has 1 N–H and O–H groups in total. The van der Waals surface area contributed by atoms with Crippen molar-refractivity contribution in [3.8, 4) is 0 Å². The van der Waals surface area contributed by atoms with Gasteiger partial charge in [-0.25, -0.2) is 0 Å². The van der Waals surface area contributed by atoms with Crippen molar-refractivity contribution in [2.24, 2.45) is 0 Å². The highest BCUT2D eigenvalue weighted by atomic mass is 15.1. The molecule has 2 aliphatic rings. The lowest BCUT2D eigenvalue weighted by Crippen LogP contribution is -2.22. The molecule has 0 spiro atoms. The summed E-state index contributed by atoms with van der Waals surface area (Å²) in [6, 6.07) is 9.09. The number of hydrogen-bond acceptors (Lipinski definition) is 2. The lowest BCUT2D eigenvalue weighted by molar-refractivity contribution is 0.613. The topological polar surface area (TPSA) is 15.3 Å². The Bertz CT molecular complexity index is 405. The molecule has 0 aromatic heterocycles. The zero-order chi connectivity index (χ0) is 12.2. The quantitative estimate of drug-likeness (QED) is 0.857. The molecule has 2 saturated heterocycles. The molecule has 0 radical (unpaired) electrons. The summed E-state index contributed by atoms with van der Waals surface area (Å²) in [7, 11) is 0. The SMILES string of the molecule is C(=C1CCNCC1)c1ccc(N2CCCC2)cc1. The van der Waals surface area contributed by atoms with E-state index in [0.29, 0.717) is 0 Å². The Morgan fingerprint density at radius 1 is 0.944 bits per heavy atom. The predicted molar refractivity (Wildman–Crippen MR) is 78.0 cm³/mol.